The molecule has 0 saturated carbocycles. The Balaban J connectivity index is 1.42. The van der Waals surface area contributed by atoms with Crippen LogP contribution in [0, 0.1) is 11.3 Å². The third kappa shape index (κ3) is 4.86. The Kier molecular flexibility index (Phi) is 6.92. The molecule has 1 amide bonds. The van der Waals surface area contributed by atoms with Crippen molar-refractivity contribution in [2.45, 2.75) is 19.3 Å². The summed E-state index contributed by atoms with van der Waals surface area (Å²) in [5.41, 5.74) is 2.80. The topological polar surface area (TPSA) is 103 Å². The monoisotopic (exact) mass is 448 g/mol. The number of methoxy groups -OCH3 is 1. The number of aromatic nitrogens is 2. The van der Waals surface area contributed by atoms with Crippen LogP contribution < -0.4 is 15.4 Å². The number of rotatable bonds is 8. The van der Waals surface area contributed by atoms with Gasteiger partial charge in [-0.3, -0.25) is 4.79 Å². The van der Waals surface area contributed by atoms with E-state index in [1.807, 2.05) is 34.6 Å². The van der Waals surface area contributed by atoms with Gasteiger partial charge in [0.05, 0.1) is 23.5 Å². The molecule has 0 unspecified atom stereocenters. The quantitative estimate of drug-likeness (QED) is 0.468. The highest BCUT2D eigenvalue weighted by molar-refractivity contribution is 8.06. The van der Waals surface area contributed by atoms with E-state index in [4.69, 9.17) is 4.74 Å². The normalized spacial score (nSPS) is 16.9. The number of allylic oxidation sites excluding steroid dienone is 1. The molecule has 3 heterocycles. The number of ether oxygens (including phenoxy) is 1. The van der Waals surface area contributed by atoms with Crippen LogP contribution in [0.1, 0.15) is 30.5 Å². The Morgan fingerprint density at radius 3 is 3.03 bits per heavy atom. The van der Waals surface area contributed by atoms with Crippen molar-refractivity contribution >= 4 is 34.9 Å². The summed E-state index contributed by atoms with van der Waals surface area (Å²) in [6.45, 7) is 2.23. The first kappa shape index (κ1) is 21.7. The molecule has 2 aliphatic heterocycles. The lowest BCUT2D eigenvalue weighted by Crippen LogP contribution is -2.27. The third-order valence-electron chi connectivity index (χ3n) is 5.25. The van der Waals surface area contributed by atoms with Crippen LogP contribution in [0.25, 0.3) is 11.3 Å². The van der Waals surface area contributed by atoms with Crippen LogP contribution in [0.2, 0.25) is 0 Å². The van der Waals surface area contributed by atoms with Gasteiger partial charge in [0, 0.05) is 43.2 Å². The fraction of sp³-hybridized carbons (Fsp3) is 0.304. The van der Waals surface area contributed by atoms with E-state index in [9.17, 15) is 10.1 Å². The number of carbonyl (C=O) groups excluding carboxylic acids is 1. The molecule has 1 aromatic heterocycles. The van der Waals surface area contributed by atoms with Gasteiger partial charge in [-0.25, -0.2) is 9.97 Å². The number of para-hydroxylation sites is 1. The molecule has 9 heteroatoms. The van der Waals surface area contributed by atoms with Crippen molar-refractivity contribution < 1.29 is 9.53 Å². The molecule has 0 atom stereocenters. The summed E-state index contributed by atoms with van der Waals surface area (Å²) in [7, 11) is 1.64. The van der Waals surface area contributed by atoms with E-state index < -0.39 is 0 Å². The van der Waals surface area contributed by atoms with Gasteiger partial charge >= 0.3 is 0 Å². The number of nitriles is 1. The summed E-state index contributed by atoms with van der Waals surface area (Å²) < 4.78 is 5.44. The number of thioether (sulfide) groups is 1. The fourth-order valence-electron chi connectivity index (χ4n) is 3.64. The molecule has 4 rings (SSSR count). The van der Waals surface area contributed by atoms with Crippen LogP contribution in [0.5, 0.6) is 5.75 Å². The molecule has 0 radical (unpaired) electrons. The first-order valence-electron chi connectivity index (χ1n) is 10.5. The number of hydrogen-bond donors (Lipinski definition) is 2. The predicted molar refractivity (Wildman–Crippen MR) is 125 cm³/mol. The molecule has 1 fully saturated rings. The Labute approximate surface area is 191 Å². The maximum Gasteiger partial charge on any atom is 0.223 e. The molecule has 164 valence electrons. The minimum atomic E-state index is 0.233. The maximum absolute atomic E-state index is 11.7. The average molecular weight is 449 g/mol. The Hall–Kier alpha value is -3.51. The van der Waals surface area contributed by atoms with Gasteiger partial charge in [-0.1, -0.05) is 23.9 Å². The molecule has 1 aromatic carbocycles. The second-order valence-electron chi connectivity index (χ2n) is 7.32. The summed E-state index contributed by atoms with van der Waals surface area (Å²) in [6.07, 6.45) is 4.06. The number of nitrogens with zero attached hydrogens (tertiary/aromatic N) is 4. The van der Waals surface area contributed by atoms with Gasteiger partial charge in [0.25, 0.3) is 0 Å². The Morgan fingerprint density at radius 2 is 2.25 bits per heavy atom. The summed E-state index contributed by atoms with van der Waals surface area (Å²) in [4.78, 5) is 22.4. The van der Waals surface area contributed by atoms with E-state index in [1.165, 1.54) is 11.8 Å². The lowest BCUT2D eigenvalue weighted by atomic mass is 10.1. The number of benzene rings is 1. The van der Waals surface area contributed by atoms with E-state index >= 15 is 0 Å². The molecule has 0 spiro atoms. The van der Waals surface area contributed by atoms with E-state index in [2.05, 4.69) is 26.7 Å². The molecule has 0 aliphatic carbocycles. The highest BCUT2D eigenvalue weighted by atomic mass is 32.2. The highest BCUT2D eigenvalue weighted by Crippen LogP contribution is 2.37. The lowest BCUT2D eigenvalue weighted by molar-refractivity contribution is -0.127. The van der Waals surface area contributed by atoms with Crippen LogP contribution in [-0.2, 0) is 4.79 Å². The zero-order valence-electron chi connectivity index (χ0n) is 17.8. The first-order valence-corrected chi connectivity index (χ1v) is 11.3. The third-order valence-corrected chi connectivity index (χ3v) is 6.15. The maximum atomic E-state index is 11.7. The van der Waals surface area contributed by atoms with Gasteiger partial charge in [0.2, 0.25) is 11.9 Å². The highest BCUT2D eigenvalue weighted by Gasteiger charge is 2.21. The fourth-order valence-corrected chi connectivity index (χ4v) is 4.50. The van der Waals surface area contributed by atoms with E-state index in [0.29, 0.717) is 35.2 Å². The second-order valence-corrected chi connectivity index (χ2v) is 8.20. The molecular formula is C23H24N6O2S. The summed E-state index contributed by atoms with van der Waals surface area (Å²) in [5.74, 6) is 1.46. The SMILES string of the molecule is COc1ccccc1C1=CS/C(=C(\C#N)c2ccnc(NCCCN3CCCC3=O)n2)N1. The molecule has 8 nitrogen and oxygen atoms in total. The minimum absolute atomic E-state index is 0.233. The Bertz CT molecular complexity index is 1110. The standard InChI is InChI=1S/C23H24N6O2S/c1-31-20-7-3-2-6-16(20)19-15-32-22(27-19)17(14-24)18-9-11-26-23(28-18)25-10-5-13-29-12-4-8-21(29)30/h2-3,6-7,9,11,15,27H,4-5,8,10,12-13H2,1H3,(H,25,26,28)/b22-17+. The van der Waals surface area contributed by atoms with Crippen molar-refractivity contribution in [2.75, 3.05) is 32.1 Å². The van der Waals surface area contributed by atoms with Crippen molar-refractivity contribution in [1.29, 1.82) is 5.26 Å². The Morgan fingerprint density at radius 1 is 1.38 bits per heavy atom. The predicted octanol–water partition coefficient (Wildman–Crippen LogP) is 3.44. The largest absolute Gasteiger partial charge is 0.496 e. The molecular weight excluding hydrogens is 424 g/mol. The molecule has 32 heavy (non-hydrogen) atoms. The number of anilines is 1. The smallest absolute Gasteiger partial charge is 0.223 e. The van der Waals surface area contributed by atoms with Crippen molar-refractivity contribution in [1.82, 2.24) is 20.2 Å². The first-order chi connectivity index (χ1) is 15.7. The van der Waals surface area contributed by atoms with Gasteiger partial charge in [-0.05, 0) is 31.0 Å². The van der Waals surface area contributed by atoms with Crippen LogP contribution in [-0.4, -0.2) is 47.5 Å². The van der Waals surface area contributed by atoms with Crippen LogP contribution >= 0.6 is 11.8 Å². The minimum Gasteiger partial charge on any atom is -0.496 e. The summed E-state index contributed by atoms with van der Waals surface area (Å²) in [6, 6.07) is 11.7. The number of hydrogen-bond acceptors (Lipinski definition) is 8. The number of carbonyl (C=O) groups is 1. The van der Waals surface area contributed by atoms with Crippen molar-refractivity contribution in [3.63, 3.8) is 0 Å². The molecule has 2 aliphatic rings. The van der Waals surface area contributed by atoms with Gasteiger partial charge in [-0.15, -0.1) is 0 Å². The molecule has 2 N–H and O–H groups in total. The lowest BCUT2D eigenvalue weighted by Gasteiger charge is -2.15. The van der Waals surface area contributed by atoms with Gasteiger partial charge in [-0.2, -0.15) is 5.26 Å². The van der Waals surface area contributed by atoms with Crippen LogP contribution in [0.15, 0.2) is 47.0 Å². The van der Waals surface area contributed by atoms with Gasteiger partial charge < -0.3 is 20.3 Å². The van der Waals surface area contributed by atoms with Crippen molar-refractivity contribution in [3.8, 4) is 11.8 Å². The second kappa shape index (κ2) is 10.2. The van der Waals surface area contributed by atoms with Gasteiger partial charge in [0.15, 0.2) is 0 Å². The number of amides is 1. The zero-order valence-corrected chi connectivity index (χ0v) is 18.6. The van der Waals surface area contributed by atoms with Crippen LogP contribution in [0.3, 0.4) is 0 Å². The van der Waals surface area contributed by atoms with E-state index in [0.717, 1.165) is 42.9 Å². The number of nitrogens with one attached hydrogen (secondary N) is 2. The van der Waals surface area contributed by atoms with Gasteiger partial charge in [0.1, 0.15) is 17.4 Å². The van der Waals surface area contributed by atoms with E-state index in [1.54, 1.807) is 19.4 Å². The molecule has 0 bridgehead atoms. The average Bonchev–Trinajstić information content (AvgIpc) is 3.47. The zero-order chi connectivity index (χ0) is 22.3. The summed E-state index contributed by atoms with van der Waals surface area (Å²) >= 11 is 1.44. The molecule has 1 saturated heterocycles. The molecule has 2 aromatic rings. The van der Waals surface area contributed by atoms with E-state index in [-0.39, 0.29) is 5.91 Å². The van der Waals surface area contributed by atoms with Crippen molar-refractivity contribution in [2.24, 2.45) is 0 Å². The summed E-state index contributed by atoms with van der Waals surface area (Å²) in [5, 5.41) is 19.0. The van der Waals surface area contributed by atoms with Crippen LogP contribution in [0.4, 0.5) is 5.95 Å². The number of likely N-dealkylation sites (tertiary alicyclic amines) is 1. The van der Waals surface area contributed by atoms with Crippen molar-refractivity contribution in [3.05, 3.63) is 58.2 Å².